The molecule has 0 amide bonds. The molecule has 4 heteroatoms. The van der Waals surface area contributed by atoms with Crippen molar-refractivity contribution >= 4 is 5.69 Å². The maximum absolute atomic E-state index is 10.8. The highest BCUT2D eigenvalue weighted by atomic mass is 16.6. The summed E-state index contributed by atoms with van der Waals surface area (Å²) in [5, 5.41) is 19.9. The van der Waals surface area contributed by atoms with Crippen LogP contribution in [0.25, 0.3) is 0 Å². The highest BCUT2D eigenvalue weighted by molar-refractivity contribution is 5.43. The molecule has 1 aliphatic carbocycles. The summed E-state index contributed by atoms with van der Waals surface area (Å²) in [6.07, 6.45) is 2.24. The standard InChI is InChI=1S/C12H15NO3/c1-8(7-14)10-4-11(9-2-3-9)6-12(5-10)13(15)16/h4-6,8-9,14H,2-3,7H2,1H3. The summed E-state index contributed by atoms with van der Waals surface area (Å²) in [5.41, 5.74) is 2.04. The van der Waals surface area contributed by atoms with E-state index in [1.165, 1.54) is 0 Å². The van der Waals surface area contributed by atoms with E-state index < -0.39 is 0 Å². The molecule has 0 heterocycles. The molecule has 0 saturated heterocycles. The summed E-state index contributed by atoms with van der Waals surface area (Å²) in [6, 6.07) is 5.21. The van der Waals surface area contributed by atoms with Crippen LogP contribution < -0.4 is 0 Å². The highest BCUT2D eigenvalue weighted by Crippen LogP contribution is 2.42. The fourth-order valence-electron chi connectivity index (χ4n) is 1.81. The Morgan fingerprint density at radius 3 is 2.69 bits per heavy atom. The number of aliphatic hydroxyl groups excluding tert-OH is 1. The van der Waals surface area contributed by atoms with Gasteiger partial charge in [0, 0.05) is 24.7 Å². The second-order valence-corrected chi connectivity index (χ2v) is 4.47. The summed E-state index contributed by atoms with van der Waals surface area (Å²) in [5.74, 6) is 0.446. The van der Waals surface area contributed by atoms with Crippen LogP contribution in [0.15, 0.2) is 18.2 Å². The van der Waals surface area contributed by atoms with Crippen LogP contribution in [0.5, 0.6) is 0 Å². The van der Waals surface area contributed by atoms with Crippen LogP contribution in [-0.2, 0) is 0 Å². The maximum Gasteiger partial charge on any atom is 0.269 e. The van der Waals surface area contributed by atoms with Gasteiger partial charge in [0.1, 0.15) is 0 Å². The average Bonchev–Trinajstić information content (AvgIpc) is 3.11. The number of rotatable bonds is 4. The van der Waals surface area contributed by atoms with Crippen LogP contribution in [0, 0.1) is 10.1 Å². The molecule has 1 aromatic carbocycles. The van der Waals surface area contributed by atoms with E-state index >= 15 is 0 Å². The lowest BCUT2D eigenvalue weighted by Gasteiger charge is -2.10. The second kappa shape index (κ2) is 4.22. The minimum Gasteiger partial charge on any atom is -0.396 e. The Kier molecular flexibility index (Phi) is 2.92. The molecule has 0 radical (unpaired) electrons. The van der Waals surface area contributed by atoms with Gasteiger partial charge in [-0.2, -0.15) is 0 Å². The number of benzene rings is 1. The Labute approximate surface area is 94.1 Å². The Hall–Kier alpha value is -1.42. The third kappa shape index (κ3) is 2.22. The highest BCUT2D eigenvalue weighted by Gasteiger charge is 2.26. The molecule has 4 nitrogen and oxygen atoms in total. The van der Waals surface area contributed by atoms with Crippen molar-refractivity contribution in [1.82, 2.24) is 0 Å². The summed E-state index contributed by atoms with van der Waals surface area (Å²) in [4.78, 5) is 10.4. The van der Waals surface area contributed by atoms with Gasteiger partial charge in [-0.3, -0.25) is 10.1 Å². The SMILES string of the molecule is CC(CO)c1cc(C2CC2)cc([N+](=O)[O-])c1. The van der Waals surface area contributed by atoms with Crippen molar-refractivity contribution in [3.05, 3.63) is 39.4 Å². The van der Waals surface area contributed by atoms with Gasteiger partial charge in [0.05, 0.1) is 4.92 Å². The molecule has 86 valence electrons. The maximum atomic E-state index is 10.8. The summed E-state index contributed by atoms with van der Waals surface area (Å²) >= 11 is 0. The van der Waals surface area contributed by atoms with Crippen molar-refractivity contribution in [3.8, 4) is 0 Å². The number of hydrogen-bond acceptors (Lipinski definition) is 3. The normalized spacial score (nSPS) is 17.1. The lowest BCUT2D eigenvalue weighted by molar-refractivity contribution is -0.385. The zero-order chi connectivity index (χ0) is 11.7. The molecule has 1 unspecified atom stereocenters. The molecule has 1 atom stereocenters. The first-order chi connectivity index (χ1) is 7.61. The number of nitro groups is 1. The molecule has 0 spiro atoms. The van der Waals surface area contributed by atoms with Gasteiger partial charge in [0.15, 0.2) is 0 Å². The van der Waals surface area contributed by atoms with Gasteiger partial charge in [-0.05, 0) is 29.9 Å². The van der Waals surface area contributed by atoms with Crippen LogP contribution in [-0.4, -0.2) is 16.6 Å². The van der Waals surface area contributed by atoms with Crippen LogP contribution in [0.1, 0.15) is 42.7 Å². The predicted molar refractivity (Wildman–Crippen MR) is 60.6 cm³/mol. The molecule has 0 aromatic heterocycles. The number of nitro benzene ring substituents is 1. The van der Waals surface area contributed by atoms with Crippen LogP contribution in [0.3, 0.4) is 0 Å². The lowest BCUT2D eigenvalue weighted by Crippen LogP contribution is -2.01. The summed E-state index contributed by atoms with van der Waals surface area (Å²) in [6.45, 7) is 1.89. The largest absolute Gasteiger partial charge is 0.396 e. The number of hydrogen-bond donors (Lipinski definition) is 1. The first-order valence-electron chi connectivity index (χ1n) is 5.52. The molecule has 1 saturated carbocycles. The number of nitrogens with zero attached hydrogens (tertiary/aromatic N) is 1. The Balaban J connectivity index is 2.40. The molecule has 2 rings (SSSR count). The number of non-ortho nitro benzene ring substituents is 1. The van der Waals surface area contributed by atoms with Crippen molar-refractivity contribution in [2.45, 2.75) is 31.6 Å². The van der Waals surface area contributed by atoms with Crippen LogP contribution in [0.2, 0.25) is 0 Å². The third-order valence-electron chi connectivity index (χ3n) is 3.06. The molecule has 1 N–H and O–H groups in total. The average molecular weight is 221 g/mol. The molecule has 16 heavy (non-hydrogen) atoms. The van der Waals surface area contributed by atoms with Gasteiger partial charge in [-0.15, -0.1) is 0 Å². The van der Waals surface area contributed by atoms with Crippen molar-refractivity contribution in [3.63, 3.8) is 0 Å². The van der Waals surface area contributed by atoms with Gasteiger partial charge < -0.3 is 5.11 Å². The van der Waals surface area contributed by atoms with E-state index in [0.29, 0.717) is 5.92 Å². The zero-order valence-corrected chi connectivity index (χ0v) is 9.22. The molecule has 1 aromatic rings. The lowest BCUT2D eigenvalue weighted by atomic mass is 9.97. The van der Waals surface area contributed by atoms with E-state index in [0.717, 1.165) is 24.0 Å². The van der Waals surface area contributed by atoms with Gasteiger partial charge in [-0.1, -0.05) is 13.0 Å². The van der Waals surface area contributed by atoms with E-state index in [4.69, 9.17) is 5.11 Å². The van der Waals surface area contributed by atoms with Crippen molar-refractivity contribution < 1.29 is 10.0 Å². The Bertz CT molecular complexity index is 413. The fraction of sp³-hybridized carbons (Fsp3) is 0.500. The summed E-state index contributed by atoms with van der Waals surface area (Å²) in [7, 11) is 0. The number of aliphatic hydroxyl groups is 1. The Morgan fingerprint density at radius 1 is 1.50 bits per heavy atom. The van der Waals surface area contributed by atoms with Gasteiger partial charge in [-0.25, -0.2) is 0 Å². The Morgan fingerprint density at radius 2 is 2.19 bits per heavy atom. The van der Waals surface area contributed by atoms with E-state index in [1.807, 2.05) is 13.0 Å². The van der Waals surface area contributed by atoms with Crippen molar-refractivity contribution in [2.75, 3.05) is 6.61 Å². The quantitative estimate of drug-likeness (QED) is 0.627. The molecule has 0 aliphatic heterocycles. The van der Waals surface area contributed by atoms with E-state index in [1.54, 1.807) is 12.1 Å². The smallest absolute Gasteiger partial charge is 0.269 e. The molecule has 1 aliphatic rings. The minimum atomic E-state index is -0.362. The first kappa shape index (κ1) is 11.1. The van der Waals surface area contributed by atoms with Gasteiger partial charge >= 0.3 is 0 Å². The predicted octanol–water partition coefficient (Wildman–Crippen LogP) is 2.57. The van der Waals surface area contributed by atoms with Crippen molar-refractivity contribution in [1.29, 1.82) is 0 Å². The van der Waals surface area contributed by atoms with Crippen LogP contribution in [0.4, 0.5) is 5.69 Å². The van der Waals surface area contributed by atoms with E-state index in [-0.39, 0.29) is 23.1 Å². The summed E-state index contributed by atoms with van der Waals surface area (Å²) < 4.78 is 0. The van der Waals surface area contributed by atoms with E-state index in [9.17, 15) is 10.1 Å². The molecular weight excluding hydrogens is 206 g/mol. The monoisotopic (exact) mass is 221 g/mol. The fourth-order valence-corrected chi connectivity index (χ4v) is 1.81. The van der Waals surface area contributed by atoms with Gasteiger partial charge in [0.2, 0.25) is 0 Å². The molecular formula is C12H15NO3. The molecule has 0 bridgehead atoms. The second-order valence-electron chi connectivity index (χ2n) is 4.47. The third-order valence-corrected chi connectivity index (χ3v) is 3.06. The molecule has 1 fully saturated rings. The van der Waals surface area contributed by atoms with E-state index in [2.05, 4.69) is 0 Å². The topological polar surface area (TPSA) is 63.4 Å². The minimum absolute atomic E-state index is 0.0191. The van der Waals surface area contributed by atoms with Gasteiger partial charge in [0.25, 0.3) is 5.69 Å². The van der Waals surface area contributed by atoms with Crippen molar-refractivity contribution in [2.24, 2.45) is 0 Å². The first-order valence-corrected chi connectivity index (χ1v) is 5.52. The van der Waals surface area contributed by atoms with Crippen LogP contribution >= 0.6 is 0 Å². The zero-order valence-electron chi connectivity index (χ0n) is 9.22.